The third-order valence-electron chi connectivity index (χ3n) is 4.66. The molecule has 2 aromatic rings. The number of hydrogen-bond acceptors (Lipinski definition) is 4. The lowest BCUT2D eigenvalue weighted by Gasteiger charge is -2.45. The molecule has 0 radical (unpaired) electrons. The Morgan fingerprint density at radius 2 is 1.24 bits per heavy atom. The van der Waals surface area contributed by atoms with Crippen LogP contribution >= 0.6 is 0 Å². The predicted molar refractivity (Wildman–Crippen MR) is 97.2 cm³/mol. The highest BCUT2D eigenvalue weighted by Crippen LogP contribution is 2.46. The van der Waals surface area contributed by atoms with E-state index in [4.69, 9.17) is 18.9 Å². The second-order valence-corrected chi connectivity index (χ2v) is 6.83. The SMILES string of the molecule is COc1ccc([C@H]2[C@H](C)OC(C)(C)O[C@@H]2c2ccc(OC)cc2)cc1. The Kier molecular flexibility index (Phi) is 5.02. The van der Waals surface area contributed by atoms with Crippen molar-refractivity contribution in [3.63, 3.8) is 0 Å². The van der Waals surface area contributed by atoms with Crippen LogP contribution in [0, 0.1) is 0 Å². The summed E-state index contributed by atoms with van der Waals surface area (Å²) in [5, 5.41) is 0. The molecule has 0 bridgehead atoms. The molecular weight excluding hydrogens is 316 g/mol. The van der Waals surface area contributed by atoms with Crippen LogP contribution in [0.15, 0.2) is 48.5 Å². The summed E-state index contributed by atoms with van der Waals surface area (Å²) < 4.78 is 23.0. The molecule has 0 unspecified atom stereocenters. The first-order chi connectivity index (χ1) is 11.9. The van der Waals surface area contributed by atoms with Crippen molar-refractivity contribution in [2.45, 2.75) is 44.7 Å². The van der Waals surface area contributed by atoms with Crippen molar-refractivity contribution in [1.29, 1.82) is 0 Å². The molecule has 1 aliphatic heterocycles. The normalized spacial score (nSPS) is 25.4. The Hall–Kier alpha value is -2.04. The largest absolute Gasteiger partial charge is 0.497 e. The van der Waals surface area contributed by atoms with Crippen molar-refractivity contribution in [3.05, 3.63) is 59.7 Å². The first-order valence-electron chi connectivity index (χ1n) is 8.57. The molecule has 4 nitrogen and oxygen atoms in total. The highest BCUT2D eigenvalue weighted by Gasteiger charge is 2.42. The standard InChI is InChI=1S/C21H26O4/c1-14-19(15-6-10-17(22-4)11-7-15)20(25-21(2,3)24-14)16-8-12-18(23-5)13-9-16/h6-14,19-20H,1-5H3/t14-,19+,20+/m0/s1. The third kappa shape index (κ3) is 3.80. The summed E-state index contributed by atoms with van der Waals surface area (Å²) in [6.45, 7) is 6.03. The fourth-order valence-corrected chi connectivity index (χ4v) is 3.51. The van der Waals surface area contributed by atoms with Crippen molar-refractivity contribution in [2.75, 3.05) is 14.2 Å². The van der Waals surface area contributed by atoms with E-state index in [0.29, 0.717) is 0 Å². The molecule has 0 spiro atoms. The maximum Gasteiger partial charge on any atom is 0.163 e. The van der Waals surface area contributed by atoms with E-state index in [1.54, 1.807) is 14.2 Å². The van der Waals surface area contributed by atoms with E-state index >= 15 is 0 Å². The lowest BCUT2D eigenvalue weighted by atomic mass is 9.84. The summed E-state index contributed by atoms with van der Waals surface area (Å²) in [6, 6.07) is 16.2. The molecular formula is C21H26O4. The van der Waals surface area contributed by atoms with Gasteiger partial charge in [-0.15, -0.1) is 0 Å². The van der Waals surface area contributed by atoms with Gasteiger partial charge in [0.05, 0.1) is 26.4 Å². The van der Waals surface area contributed by atoms with Gasteiger partial charge in [0.25, 0.3) is 0 Å². The Balaban J connectivity index is 1.98. The van der Waals surface area contributed by atoms with Gasteiger partial charge in [-0.1, -0.05) is 24.3 Å². The van der Waals surface area contributed by atoms with Gasteiger partial charge < -0.3 is 18.9 Å². The second-order valence-electron chi connectivity index (χ2n) is 6.83. The van der Waals surface area contributed by atoms with Crippen LogP contribution in [0.1, 0.15) is 43.9 Å². The van der Waals surface area contributed by atoms with Gasteiger partial charge in [-0.05, 0) is 56.2 Å². The lowest BCUT2D eigenvalue weighted by Crippen LogP contribution is -2.44. The minimum absolute atomic E-state index is 0.0178. The molecule has 3 rings (SSSR count). The van der Waals surface area contributed by atoms with Crippen molar-refractivity contribution in [3.8, 4) is 11.5 Å². The molecule has 25 heavy (non-hydrogen) atoms. The van der Waals surface area contributed by atoms with Gasteiger partial charge in [-0.2, -0.15) is 0 Å². The van der Waals surface area contributed by atoms with Crippen LogP contribution in [0.5, 0.6) is 11.5 Å². The molecule has 1 saturated heterocycles. The van der Waals surface area contributed by atoms with Crippen molar-refractivity contribution in [1.82, 2.24) is 0 Å². The molecule has 2 aromatic carbocycles. The minimum atomic E-state index is -0.632. The second kappa shape index (κ2) is 7.06. The van der Waals surface area contributed by atoms with Crippen LogP contribution in [-0.4, -0.2) is 26.1 Å². The highest BCUT2D eigenvalue weighted by atomic mass is 16.7. The lowest BCUT2D eigenvalue weighted by molar-refractivity contribution is -0.307. The van der Waals surface area contributed by atoms with Gasteiger partial charge in [0.2, 0.25) is 0 Å². The fourth-order valence-electron chi connectivity index (χ4n) is 3.51. The zero-order valence-electron chi connectivity index (χ0n) is 15.5. The molecule has 1 aliphatic rings. The van der Waals surface area contributed by atoms with E-state index in [-0.39, 0.29) is 18.1 Å². The molecule has 1 heterocycles. The maximum atomic E-state index is 6.33. The van der Waals surface area contributed by atoms with Crippen LogP contribution in [0.25, 0.3) is 0 Å². The predicted octanol–water partition coefficient (Wildman–Crippen LogP) is 4.70. The first-order valence-corrected chi connectivity index (χ1v) is 8.57. The van der Waals surface area contributed by atoms with Gasteiger partial charge in [0.1, 0.15) is 11.5 Å². The summed E-state index contributed by atoms with van der Waals surface area (Å²) in [4.78, 5) is 0. The Bertz CT molecular complexity index is 691. The quantitative estimate of drug-likeness (QED) is 0.807. The van der Waals surface area contributed by atoms with Crippen LogP contribution in [0.3, 0.4) is 0 Å². The summed E-state index contributed by atoms with van der Waals surface area (Å²) in [7, 11) is 3.35. The zero-order valence-corrected chi connectivity index (χ0v) is 15.5. The Labute approximate surface area is 149 Å². The summed E-state index contributed by atoms with van der Waals surface area (Å²) in [5.74, 6) is 1.14. The number of benzene rings is 2. The maximum absolute atomic E-state index is 6.33. The van der Waals surface area contributed by atoms with Gasteiger partial charge >= 0.3 is 0 Å². The molecule has 0 aromatic heterocycles. The highest BCUT2D eigenvalue weighted by molar-refractivity contribution is 5.35. The monoisotopic (exact) mass is 342 g/mol. The van der Waals surface area contributed by atoms with Crippen LogP contribution in [0.2, 0.25) is 0 Å². The smallest absolute Gasteiger partial charge is 0.163 e. The van der Waals surface area contributed by atoms with E-state index in [1.807, 2.05) is 38.1 Å². The third-order valence-corrected chi connectivity index (χ3v) is 4.66. The van der Waals surface area contributed by atoms with E-state index in [1.165, 1.54) is 5.56 Å². The van der Waals surface area contributed by atoms with Gasteiger partial charge in [-0.3, -0.25) is 0 Å². The van der Waals surface area contributed by atoms with E-state index in [2.05, 4.69) is 31.2 Å². The van der Waals surface area contributed by atoms with E-state index < -0.39 is 5.79 Å². The molecule has 134 valence electrons. The number of rotatable bonds is 4. The fraction of sp³-hybridized carbons (Fsp3) is 0.429. The average Bonchev–Trinajstić information content (AvgIpc) is 2.60. The zero-order chi connectivity index (χ0) is 18.0. The molecule has 0 aliphatic carbocycles. The van der Waals surface area contributed by atoms with Crippen LogP contribution < -0.4 is 9.47 Å². The summed E-state index contributed by atoms with van der Waals surface area (Å²) in [5.41, 5.74) is 2.29. The molecule has 0 saturated carbocycles. The van der Waals surface area contributed by atoms with E-state index in [9.17, 15) is 0 Å². The molecule has 3 atom stereocenters. The number of methoxy groups -OCH3 is 2. The Morgan fingerprint density at radius 3 is 1.72 bits per heavy atom. The molecule has 1 fully saturated rings. The van der Waals surface area contributed by atoms with Crippen molar-refractivity contribution >= 4 is 0 Å². The van der Waals surface area contributed by atoms with Gasteiger partial charge in [-0.25, -0.2) is 0 Å². The van der Waals surface area contributed by atoms with E-state index in [0.717, 1.165) is 17.1 Å². The van der Waals surface area contributed by atoms with Crippen LogP contribution in [0.4, 0.5) is 0 Å². The topological polar surface area (TPSA) is 36.9 Å². The number of hydrogen-bond donors (Lipinski definition) is 0. The average molecular weight is 342 g/mol. The Morgan fingerprint density at radius 1 is 0.760 bits per heavy atom. The van der Waals surface area contributed by atoms with Crippen molar-refractivity contribution in [2.24, 2.45) is 0 Å². The van der Waals surface area contributed by atoms with Crippen molar-refractivity contribution < 1.29 is 18.9 Å². The van der Waals surface area contributed by atoms with Gasteiger partial charge in [0.15, 0.2) is 5.79 Å². The molecule has 0 N–H and O–H groups in total. The van der Waals surface area contributed by atoms with Gasteiger partial charge in [0, 0.05) is 5.92 Å². The molecule has 4 heteroatoms. The molecule has 0 amide bonds. The minimum Gasteiger partial charge on any atom is -0.497 e. The summed E-state index contributed by atoms with van der Waals surface area (Å²) >= 11 is 0. The van der Waals surface area contributed by atoms with Crippen LogP contribution in [-0.2, 0) is 9.47 Å². The number of ether oxygens (including phenoxy) is 4. The summed E-state index contributed by atoms with van der Waals surface area (Å²) in [6.07, 6.45) is -0.0812. The first kappa shape index (κ1) is 17.8.